The van der Waals surface area contributed by atoms with Gasteiger partial charge in [-0.3, -0.25) is 0 Å². The summed E-state index contributed by atoms with van der Waals surface area (Å²) in [7, 11) is 0. The molecule has 4 nitrogen and oxygen atoms in total. The van der Waals surface area contributed by atoms with Gasteiger partial charge in [0.2, 0.25) is 0 Å². The zero-order chi connectivity index (χ0) is 11.5. The second kappa shape index (κ2) is 4.38. The molecule has 0 aliphatic carbocycles. The molecule has 1 rings (SSSR count). The summed E-state index contributed by atoms with van der Waals surface area (Å²) in [6, 6.07) is 3.65. The minimum Gasteiger partial charge on any atom is -0.469 e. The number of rotatable bonds is 3. The molecule has 1 heterocycles. The third-order valence-electron chi connectivity index (χ3n) is 2.20. The lowest BCUT2D eigenvalue weighted by atomic mass is 10.1. The number of nitrogens with zero attached hydrogens (tertiary/aromatic N) is 1. The first-order valence-corrected chi connectivity index (χ1v) is 4.94. The summed E-state index contributed by atoms with van der Waals surface area (Å²) in [6.07, 6.45) is 1.31. The lowest BCUT2D eigenvalue weighted by molar-refractivity contribution is 0.100. The number of hydrogen-bond acceptors (Lipinski definition) is 2. The highest BCUT2D eigenvalue weighted by molar-refractivity contribution is 5.65. The van der Waals surface area contributed by atoms with Gasteiger partial charge in [0, 0.05) is 18.5 Å². The molecule has 0 bridgehead atoms. The predicted octanol–water partition coefficient (Wildman–Crippen LogP) is 2.60. The maximum absolute atomic E-state index is 11.0. The van der Waals surface area contributed by atoms with Crippen LogP contribution in [0.4, 0.5) is 4.79 Å². The molecule has 0 aliphatic heterocycles. The molecule has 0 aromatic carbocycles. The van der Waals surface area contributed by atoms with Gasteiger partial charge in [0.1, 0.15) is 5.76 Å². The van der Waals surface area contributed by atoms with Crippen molar-refractivity contribution in [3.63, 3.8) is 0 Å². The molecule has 84 valence electrons. The molecule has 1 aromatic heterocycles. The van der Waals surface area contributed by atoms with Crippen LogP contribution in [0.5, 0.6) is 0 Å². The van der Waals surface area contributed by atoms with E-state index in [1.807, 2.05) is 26.8 Å². The van der Waals surface area contributed by atoms with Crippen molar-refractivity contribution in [2.24, 2.45) is 0 Å². The van der Waals surface area contributed by atoms with Crippen LogP contribution in [0, 0.1) is 0 Å². The Morgan fingerprint density at radius 1 is 1.53 bits per heavy atom. The van der Waals surface area contributed by atoms with Gasteiger partial charge in [-0.05, 0) is 32.9 Å². The van der Waals surface area contributed by atoms with E-state index < -0.39 is 6.09 Å². The van der Waals surface area contributed by atoms with E-state index in [2.05, 4.69) is 0 Å². The third-order valence-corrected chi connectivity index (χ3v) is 2.20. The molecule has 0 aliphatic rings. The van der Waals surface area contributed by atoms with Crippen molar-refractivity contribution in [1.29, 1.82) is 0 Å². The van der Waals surface area contributed by atoms with Gasteiger partial charge in [-0.15, -0.1) is 0 Å². The fourth-order valence-electron chi connectivity index (χ4n) is 1.39. The molecule has 4 heteroatoms. The van der Waals surface area contributed by atoms with Crippen molar-refractivity contribution in [3.8, 4) is 0 Å². The van der Waals surface area contributed by atoms with Crippen LogP contribution < -0.4 is 0 Å². The lowest BCUT2D eigenvalue weighted by Gasteiger charge is -2.32. The van der Waals surface area contributed by atoms with E-state index in [0.717, 1.165) is 5.76 Å². The number of carbonyl (C=O) groups is 1. The van der Waals surface area contributed by atoms with Gasteiger partial charge in [0.05, 0.1) is 6.26 Å². The first-order chi connectivity index (χ1) is 6.91. The SMILES string of the molecule is CC(C)(C)N(CCc1ccco1)C(=O)O. The van der Waals surface area contributed by atoms with E-state index in [4.69, 9.17) is 9.52 Å². The summed E-state index contributed by atoms with van der Waals surface area (Å²) < 4.78 is 5.16. The van der Waals surface area contributed by atoms with Crippen molar-refractivity contribution < 1.29 is 14.3 Å². The average Bonchev–Trinajstić information content (AvgIpc) is 2.53. The first kappa shape index (κ1) is 11.6. The Labute approximate surface area is 89.5 Å². The Bertz CT molecular complexity index is 311. The maximum Gasteiger partial charge on any atom is 0.407 e. The molecular formula is C11H17NO3. The average molecular weight is 211 g/mol. The summed E-state index contributed by atoms with van der Waals surface area (Å²) in [5.41, 5.74) is -0.377. The Kier molecular flexibility index (Phi) is 3.39. The molecule has 0 radical (unpaired) electrons. The molecule has 0 fully saturated rings. The van der Waals surface area contributed by atoms with E-state index in [-0.39, 0.29) is 5.54 Å². The van der Waals surface area contributed by atoms with Gasteiger partial charge in [-0.25, -0.2) is 4.79 Å². The largest absolute Gasteiger partial charge is 0.469 e. The summed E-state index contributed by atoms with van der Waals surface area (Å²) in [5, 5.41) is 9.03. The normalized spacial score (nSPS) is 11.4. The van der Waals surface area contributed by atoms with Crippen molar-refractivity contribution in [1.82, 2.24) is 4.90 Å². The van der Waals surface area contributed by atoms with Crippen LogP contribution in [0.25, 0.3) is 0 Å². The van der Waals surface area contributed by atoms with Gasteiger partial charge in [-0.1, -0.05) is 0 Å². The molecule has 0 atom stereocenters. The van der Waals surface area contributed by atoms with E-state index in [1.54, 1.807) is 12.3 Å². The van der Waals surface area contributed by atoms with Gasteiger partial charge in [-0.2, -0.15) is 0 Å². The minimum atomic E-state index is -0.894. The Morgan fingerprint density at radius 3 is 2.60 bits per heavy atom. The van der Waals surface area contributed by atoms with Gasteiger partial charge < -0.3 is 14.4 Å². The highest BCUT2D eigenvalue weighted by Gasteiger charge is 2.25. The van der Waals surface area contributed by atoms with Crippen LogP contribution in [-0.2, 0) is 6.42 Å². The fourth-order valence-corrected chi connectivity index (χ4v) is 1.39. The van der Waals surface area contributed by atoms with E-state index in [1.165, 1.54) is 4.90 Å². The highest BCUT2D eigenvalue weighted by Crippen LogP contribution is 2.14. The number of carboxylic acid groups (broad SMARTS) is 1. The summed E-state index contributed by atoms with van der Waals surface area (Å²) in [5.74, 6) is 0.811. The van der Waals surface area contributed by atoms with E-state index in [9.17, 15) is 4.79 Å². The monoisotopic (exact) mass is 211 g/mol. The van der Waals surface area contributed by atoms with Crippen LogP contribution in [0.1, 0.15) is 26.5 Å². The van der Waals surface area contributed by atoms with Crippen LogP contribution >= 0.6 is 0 Å². The quantitative estimate of drug-likeness (QED) is 0.836. The molecule has 1 N–H and O–H groups in total. The minimum absolute atomic E-state index is 0.377. The second-order valence-corrected chi connectivity index (χ2v) is 4.43. The maximum atomic E-state index is 11.0. The molecule has 15 heavy (non-hydrogen) atoms. The zero-order valence-electron chi connectivity index (χ0n) is 9.36. The zero-order valence-corrected chi connectivity index (χ0v) is 9.36. The van der Waals surface area contributed by atoms with Gasteiger partial charge >= 0.3 is 6.09 Å². The third kappa shape index (κ3) is 3.31. The van der Waals surface area contributed by atoms with Crippen molar-refractivity contribution in [2.45, 2.75) is 32.7 Å². The summed E-state index contributed by atoms with van der Waals surface area (Å²) in [6.45, 7) is 6.09. The van der Waals surface area contributed by atoms with Crippen LogP contribution in [0.2, 0.25) is 0 Å². The van der Waals surface area contributed by atoms with E-state index in [0.29, 0.717) is 13.0 Å². The van der Waals surface area contributed by atoms with Crippen molar-refractivity contribution >= 4 is 6.09 Å². The van der Waals surface area contributed by atoms with Crippen LogP contribution in [-0.4, -0.2) is 28.2 Å². The molecular weight excluding hydrogens is 194 g/mol. The topological polar surface area (TPSA) is 53.7 Å². The van der Waals surface area contributed by atoms with E-state index >= 15 is 0 Å². The van der Waals surface area contributed by atoms with Crippen LogP contribution in [0.3, 0.4) is 0 Å². The molecule has 0 unspecified atom stereocenters. The smallest absolute Gasteiger partial charge is 0.407 e. The number of amides is 1. The number of hydrogen-bond donors (Lipinski definition) is 1. The first-order valence-electron chi connectivity index (χ1n) is 4.94. The predicted molar refractivity (Wildman–Crippen MR) is 56.9 cm³/mol. The fraction of sp³-hybridized carbons (Fsp3) is 0.545. The van der Waals surface area contributed by atoms with Gasteiger partial charge in [0.25, 0.3) is 0 Å². The molecule has 1 amide bonds. The second-order valence-electron chi connectivity index (χ2n) is 4.43. The molecule has 0 saturated carbocycles. The summed E-state index contributed by atoms with van der Waals surface area (Å²) in [4.78, 5) is 12.4. The Morgan fingerprint density at radius 2 is 2.20 bits per heavy atom. The Hall–Kier alpha value is -1.45. The lowest BCUT2D eigenvalue weighted by Crippen LogP contribution is -2.45. The molecule has 1 aromatic rings. The highest BCUT2D eigenvalue weighted by atomic mass is 16.4. The van der Waals surface area contributed by atoms with Crippen LogP contribution in [0.15, 0.2) is 22.8 Å². The number of furan rings is 1. The summed E-state index contributed by atoms with van der Waals surface area (Å²) >= 11 is 0. The molecule has 0 spiro atoms. The van der Waals surface area contributed by atoms with Crippen molar-refractivity contribution in [2.75, 3.05) is 6.54 Å². The van der Waals surface area contributed by atoms with Gasteiger partial charge in [0.15, 0.2) is 0 Å². The molecule has 0 saturated heterocycles. The Balaban J connectivity index is 2.57. The standard InChI is InChI=1S/C11H17NO3/c1-11(2,3)12(10(13)14)7-6-9-5-4-8-15-9/h4-5,8H,6-7H2,1-3H3,(H,13,14). The van der Waals surface area contributed by atoms with Crippen molar-refractivity contribution in [3.05, 3.63) is 24.2 Å².